The Morgan fingerprint density at radius 3 is 2.40 bits per heavy atom. The number of aromatic nitrogens is 1. The first-order valence-corrected chi connectivity index (χ1v) is 16.0. The summed E-state index contributed by atoms with van der Waals surface area (Å²) in [5.74, 6) is -0.438. The molecule has 0 saturated heterocycles. The summed E-state index contributed by atoms with van der Waals surface area (Å²) in [6.07, 6.45) is -3.59. The number of aliphatic hydroxyl groups excluding tert-OH is 1. The second kappa shape index (κ2) is 10.5. The summed E-state index contributed by atoms with van der Waals surface area (Å²) in [7, 11) is -4.46. The number of halogens is 2. The summed E-state index contributed by atoms with van der Waals surface area (Å²) < 4.78 is 71.7. The third-order valence-electron chi connectivity index (χ3n) is 8.41. The Morgan fingerprint density at radius 1 is 1.02 bits per heavy atom. The summed E-state index contributed by atoms with van der Waals surface area (Å²) in [6.45, 7) is 8.09. The Kier molecular flexibility index (Phi) is 7.26. The predicted octanol–water partition coefficient (Wildman–Crippen LogP) is 6.09. The van der Waals surface area contributed by atoms with Crippen molar-refractivity contribution in [3.8, 4) is 11.5 Å². The van der Waals surface area contributed by atoms with E-state index < -0.39 is 27.9 Å². The number of carbonyl (C=O) groups excluding carboxylic acids is 1. The molecule has 1 amide bonds. The first kappa shape index (κ1) is 31.0. The van der Waals surface area contributed by atoms with Crippen LogP contribution in [0.1, 0.15) is 56.0 Å². The van der Waals surface area contributed by atoms with Gasteiger partial charge in [0, 0.05) is 40.7 Å². The van der Waals surface area contributed by atoms with E-state index in [9.17, 15) is 31.7 Å². The molecule has 3 aromatic carbocycles. The zero-order valence-corrected chi connectivity index (χ0v) is 26.0. The Balaban J connectivity index is 1.25. The number of amides is 1. The number of aliphatic hydroxyl groups is 1. The van der Waals surface area contributed by atoms with Crippen molar-refractivity contribution in [2.24, 2.45) is 0 Å². The van der Waals surface area contributed by atoms with Gasteiger partial charge in [0.05, 0.1) is 16.4 Å². The minimum Gasteiger partial charge on any atom is -0.395 e. The van der Waals surface area contributed by atoms with Crippen LogP contribution >= 0.6 is 0 Å². The number of nitrogens with one attached hydrogen (secondary N) is 1. The van der Waals surface area contributed by atoms with Crippen LogP contribution in [0, 0.1) is 6.92 Å². The molecule has 3 N–H and O–H groups in total. The molecule has 1 fully saturated rings. The van der Waals surface area contributed by atoms with E-state index in [1.807, 2.05) is 43.5 Å². The lowest BCUT2D eigenvalue weighted by molar-refractivity contribution is -0.286. The van der Waals surface area contributed by atoms with Gasteiger partial charge in [-0.1, -0.05) is 44.5 Å². The highest BCUT2D eigenvalue weighted by Crippen LogP contribution is 2.52. The van der Waals surface area contributed by atoms with Crippen LogP contribution in [0.4, 0.5) is 14.5 Å². The molecule has 45 heavy (non-hydrogen) atoms. The molecule has 2 aliphatic rings. The Morgan fingerprint density at radius 2 is 1.73 bits per heavy atom. The third-order valence-corrected chi connectivity index (χ3v) is 9.36. The van der Waals surface area contributed by atoms with Crippen molar-refractivity contribution < 1.29 is 41.1 Å². The molecule has 1 atom stereocenters. The fourth-order valence-corrected chi connectivity index (χ4v) is 6.80. The Bertz CT molecular complexity index is 1940. The van der Waals surface area contributed by atoms with Crippen LogP contribution < -0.4 is 14.8 Å². The van der Waals surface area contributed by atoms with Crippen LogP contribution in [-0.4, -0.2) is 40.9 Å². The number of ether oxygens (including phenoxy) is 2. The highest BCUT2D eigenvalue weighted by Gasteiger charge is 2.52. The maximum absolute atomic E-state index is 13.5. The minimum atomic E-state index is -4.46. The SMILES string of the molecule is Cc1ccc(S(=O)(=O)O)c(CC(O)Cn2c(C(C)(C)C)cc3cc(NC(=O)C4(c5ccc6c(c5)OC(F)(F)O6)CC4)ccc32)c1. The van der Waals surface area contributed by atoms with E-state index in [-0.39, 0.29) is 40.7 Å². The molecule has 0 bridgehead atoms. The Hall–Kier alpha value is -4.00. The summed E-state index contributed by atoms with van der Waals surface area (Å²) >= 11 is 0. The van der Waals surface area contributed by atoms with Crippen LogP contribution in [0.2, 0.25) is 0 Å². The molecular formula is C33H34F2N2O7S. The number of fused-ring (bicyclic) bond motifs is 2. The molecule has 1 aromatic heterocycles. The van der Waals surface area contributed by atoms with Gasteiger partial charge in [-0.3, -0.25) is 9.35 Å². The lowest BCUT2D eigenvalue weighted by Gasteiger charge is -2.24. The largest absolute Gasteiger partial charge is 0.586 e. The summed E-state index contributed by atoms with van der Waals surface area (Å²) in [5, 5.41) is 15.0. The van der Waals surface area contributed by atoms with Gasteiger partial charge in [-0.25, -0.2) is 0 Å². The van der Waals surface area contributed by atoms with Gasteiger partial charge in [-0.15, -0.1) is 8.78 Å². The van der Waals surface area contributed by atoms with Crippen molar-refractivity contribution in [2.75, 3.05) is 5.32 Å². The van der Waals surface area contributed by atoms with Crippen molar-refractivity contribution in [1.29, 1.82) is 0 Å². The average Bonchev–Trinajstić information content (AvgIpc) is 3.56. The molecule has 0 spiro atoms. The molecule has 238 valence electrons. The quantitative estimate of drug-likeness (QED) is 0.199. The lowest BCUT2D eigenvalue weighted by Crippen LogP contribution is -2.28. The molecule has 1 aliphatic heterocycles. The smallest absolute Gasteiger partial charge is 0.395 e. The number of hydrogen-bond acceptors (Lipinski definition) is 6. The van der Waals surface area contributed by atoms with E-state index in [0.717, 1.165) is 22.2 Å². The van der Waals surface area contributed by atoms with E-state index >= 15 is 0 Å². The maximum atomic E-state index is 13.5. The monoisotopic (exact) mass is 640 g/mol. The number of alkyl halides is 2. The average molecular weight is 641 g/mol. The van der Waals surface area contributed by atoms with Crippen LogP contribution in [0.25, 0.3) is 10.9 Å². The lowest BCUT2D eigenvalue weighted by atomic mass is 9.92. The summed E-state index contributed by atoms with van der Waals surface area (Å²) in [4.78, 5) is 13.3. The van der Waals surface area contributed by atoms with Gasteiger partial charge in [0.2, 0.25) is 5.91 Å². The van der Waals surface area contributed by atoms with Gasteiger partial charge in [-0.2, -0.15) is 8.42 Å². The molecule has 2 heterocycles. The number of anilines is 1. The first-order valence-electron chi connectivity index (χ1n) is 14.6. The van der Waals surface area contributed by atoms with Crippen LogP contribution in [0.3, 0.4) is 0 Å². The maximum Gasteiger partial charge on any atom is 0.586 e. The van der Waals surface area contributed by atoms with Crippen molar-refractivity contribution in [1.82, 2.24) is 4.57 Å². The first-order chi connectivity index (χ1) is 20.9. The van der Waals surface area contributed by atoms with Gasteiger partial charge < -0.3 is 24.5 Å². The summed E-state index contributed by atoms with van der Waals surface area (Å²) in [6, 6.07) is 16.5. The standard InChI is InChI=1S/C33H34F2N2O7S/c1-19-5-10-28(45(40,41)42)21(13-19)15-24(38)18-37-25-8-7-23(14-20(25)16-29(37)31(2,3)4)36-30(39)32(11-12-32)22-6-9-26-27(17-22)44-33(34,35)43-26/h5-10,13-14,16-17,24,38H,11-12,15,18H2,1-4H3,(H,36,39)(H,40,41,42). The number of rotatable bonds is 8. The zero-order chi connectivity index (χ0) is 32.5. The number of benzene rings is 3. The second-order valence-electron chi connectivity index (χ2n) is 13.0. The van der Waals surface area contributed by atoms with Gasteiger partial charge in [0.15, 0.2) is 11.5 Å². The second-order valence-corrected chi connectivity index (χ2v) is 14.4. The van der Waals surface area contributed by atoms with Crippen molar-refractivity contribution in [2.45, 2.75) is 81.6 Å². The molecular weight excluding hydrogens is 606 g/mol. The summed E-state index contributed by atoms with van der Waals surface area (Å²) in [5.41, 5.74) is 2.81. The minimum absolute atomic E-state index is 0.00772. The normalized spacial score (nSPS) is 17.3. The topological polar surface area (TPSA) is 127 Å². The van der Waals surface area contributed by atoms with Crippen molar-refractivity contribution in [3.63, 3.8) is 0 Å². The molecule has 4 aromatic rings. The van der Waals surface area contributed by atoms with Gasteiger partial charge in [0.1, 0.15) is 0 Å². The molecule has 0 radical (unpaired) electrons. The van der Waals surface area contributed by atoms with Crippen LogP contribution in [0.15, 0.2) is 65.6 Å². The van der Waals surface area contributed by atoms with Crippen molar-refractivity contribution in [3.05, 3.63) is 83.0 Å². The highest BCUT2D eigenvalue weighted by atomic mass is 32.2. The van der Waals surface area contributed by atoms with E-state index in [2.05, 4.69) is 14.8 Å². The molecule has 9 nitrogen and oxygen atoms in total. The Labute approximate surface area is 259 Å². The highest BCUT2D eigenvalue weighted by molar-refractivity contribution is 7.85. The van der Waals surface area contributed by atoms with Crippen LogP contribution in [0.5, 0.6) is 11.5 Å². The predicted molar refractivity (Wildman–Crippen MR) is 164 cm³/mol. The van der Waals surface area contributed by atoms with Gasteiger partial charge >= 0.3 is 6.29 Å². The van der Waals surface area contributed by atoms with E-state index in [1.165, 1.54) is 18.2 Å². The molecule has 1 saturated carbocycles. The molecule has 6 rings (SSSR count). The van der Waals surface area contributed by atoms with Gasteiger partial charge in [0.25, 0.3) is 10.1 Å². The van der Waals surface area contributed by atoms with E-state index in [1.54, 1.807) is 31.2 Å². The fourth-order valence-electron chi connectivity index (χ4n) is 6.08. The number of aryl methyl sites for hydroxylation is 1. The van der Waals surface area contributed by atoms with Gasteiger partial charge in [-0.05, 0) is 73.4 Å². The number of nitrogens with zero attached hydrogens (tertiary/aromatic N) is 1. The molecule has 12 heteroatoms. The molecule has 1 unspecified atom stereocenters. The van der Waals surface area contributed by atoms with Crippen molar-refractivity contribution >= 4 is 32.6 Å². The number of hydrogen-bond donors (Lipinski definition) is 3. The zero-order valence-electron chi connectivity index (χ0n) is 25.2. The van der Waals surface area contributed by atoms with E-state index in [0.29, 0.717) is 29.7 Å². The van der Waals surface area contributed by atoms with E-state index in [4.69, 9.17) is 0 Å². The number of carbonyl (C=O) groups is 1. The fraction of sp³-hybridized carbons (Fsp3) is 0.364. The molecule has 1 aliphatic carbocycles. The van der Waals surface area contributed by atoms with Crippen LogP contribution in [-0.2, 0) is 38.7 Å². The third kappa shape index (κ3) is 6.01.